The van der Waals surface area contributed by atoms with Gasteiger partial charge in [0.25, 0.3) is 0 Å². The summed E-state index contributed by atoms with van der Waals surface area (Å²) in [7, 11) is -1.72. The van der Waals surface area contributed by atoms with Gasteiger partial charge in [0.05, 0.1) is 32.1 Å². The van der Waals surface area contributed by atoms with Gasteiger partial charge in [-0.3, -0.25) is 0 Å². The van der Waals surface area contributed by atoms with Crippen LogP contribution in [0.2, 0.25) is 0 Å². The number of nitrogens with zero attached hydrogens (tertiary/aromatic N) is 2. The Kier molecular flexibility index (Phi) is 7.33. The van der Waals surface area contributed by atoms with Crippen molar-refractivity contribution in [2.75, 3.05) is 31.4 Å². The number of anilines is 1. The number of hydrogen-bond acceptors (Lipinski definition) is 6. The molecule has 8 heteroatoms. The predicted molar refractivity (Wildman–Crippen MR) is 126 cm³/mol. The van der Waals surface area contributed by atoms with E-state index in [1.54, 1.807) is 13.3 Å². The van der Waals surface area contributed by atoms with Gasteiger partial charge in [0.15, 0.2) is 0 Å². The van der Waals surface area contributed by atoms with Crippen molar-refractivity contribution in [3.63, 3.8) is 0 Å². The predicted octanol–water partition coefficient (Wildman–Crippen LogP) is 3.33. The van der Waals surface area contributed by atoms with E-state index in [-0.39, 0.29) is 18.2 Å². The summed E-state index contributed by atoms with van der Waals surface area (Å²) in [6.07, 6.45) is 8.17. The topological polar surface area (TPSA) is 80.8 Å². The summed E-state index contributed by atoms with van der Waals surface area (Å²) in [6.45, 7) is 1.23. The minimum atomic E-state index is -3.31. The van der Waals surface area contributed by atoms with Crippen LogP contribution in [0.25, 0.3) is 0 Å². The zero-order valence-electron chi connectivity index (χ0n) is 18.8. The summed E-state index contributed by atoms with van der Waals surface area (Å²) in [5, 5.41) is 0. The molecule has 2 atom stereocenters. The van der Waals surface area contributed by atoms with Crippen molar-refractivity contribution in [2.24, 2.45) is 0 Å². The van der Waals surface area contributed by atoms with Crippen LogP contribution in [0.15, 0.2) is 48.7 Å². The summed E-state index contributed by atoms with van der Waals surface area (Å²) in [6, 6.07) is 14.3. The number of rotatable bonds is 8. The smallest absolute Gasteiger partial charge is 0.214 e. The van der Waals surface area contributed by atoms with E-state index in [9.17, 15) is 8.42 Å². The van der Waals surface area contributed by atoms with Gasteiger partial charge in [-0.1, -0.05) is 30.3 Å². The van der Waals surface area contributed by atoms with Crippen molar-refractivity contribution in [1.82, 2.24) is 9.71 Å². The highest BCUT2D eigenvalue weighted by Crippen LogP contribution is 2.35. The van der Waals surface area contributed by atoms with E-state index >= 15 is 0 Å². The molecule has 0 radical (unpaired) electrons. The average Bonchev–Trinajstić information content (AvgIpc) is 3.19. The molecule has 174 valence electrons. The van der Waals surface area contributed by atoms with Gasteiger partial charge in [-0.15, -0.1) is 0 Å². The van der Waals surface area contributed by atoms with E-state index < -0.39 is 10.0 Å². The van der Waals surface area contributed by atoms with E-state index in [1.807, 2.05) is 12.1 Å². The van der Waals surface area contributed by atoms with Gasteiger partial charge in [0.1, 0.15) is 0 Å². The van der Waals surface area contributed by atoms with Crippen molar-refractivity contribution in [3.8, 4) is 5.88 Å². The molecule has 1 N–H and O–H groups in total. The highest BCUT2D eigenvalue weighted by molar-refractivity contribution is 7.88. The first-order valence-electron chi connectivity index (χ1n) is 11.3. The number of nitrogens with one attached hydrogen (secondary N) is 1. The monoisotopic (exact) mass is 459 g/mol. The molecule has 0 bridgehead atoms. The Bertz CT molecular complexity index is 978. The molecule has 2 aliphatic rings. The van der Waals surface area contributed by atoms with Crippen LogP contribution in [0, 0.1) is 0 Å². The highest BCUT2D eigenvalue weighted by atomic mass is 32.2. The Morgan fingerprint density at radius 1 is 1.09 bits per heavy atom. The molecule has 2 heterocycles. The van der Waals surface area contributed by atoms with Crippen LogP contribution >= 0.6 is 0 Å². The zero-order valence-corrected chi connectivity index (χ0v) is 19.6. The van der Waals surface area contributed by atoms with Gasteiger partial charge in [-0.2, -0.15) is 0 Å². The normalized spacial score (nSPS) is 26.2. The Morgan fingerprint density at radius 2 is 1.84 bits per heavy atom. The third-order valence-electron chi connectivity index (χ3n) is 6.62. The van der Waals surface area contributed by atoms with E-state index in [0.29, 0.717) is 18.4 Å². The quantitative estimate of drug-likeness (QED) is 0.652. The molecule has 0 spiro atoms. The molecule has 32 heavy (non-hydrogen) atoms. The Hall–Kier alpha value is -2.16. The Balaban J connectivity index is 1.41. The van der Waals surface area contributed by atoms with Crippen molar-refractivity contribution in [3.05, 3.63) is 54.2 Å². The summed E-state index contributed by atoms with van der Waals surface area (Å²) in [5.41, 5.74) is 2.38. The average molecular weight is 460 g/mol. The van der Waals surface area contributed by atoms with E-state index in [1.165, 1.54) is 11.8 Å². The second-order valence-electron chi connectivity index (χ2n) is 8.82. The number of benzene rings is 1. The molecule has 2 fully saturated rings. The first-order chi connectivity index (χ1) is 15.4. The number of aromatic nitrogens is 1. The van der Waals surface area contributed by atoms with Gasteiger partial charge in [0.2, 0.25) is 15.9 Å². The first kappa shape index (κ1) is 23.0. The van der Waals surface area contributed by atoms with Crippen molar-refractivity contribution >= 4 is 15.7 Å². The fourth-order valence-electron chi connectivity index (χ4n) is 5.00. The number of hydrogen-bond donors (Lipinski definition) is 1. The molecular weight excluding hydrogens is 426 g/mol. The molecule has 0 amide bonds. The number of methoxy groups -OCH3 is 1. The largest absolute Gasteiger partial charge is 0.481 e. The van der Waals surface area contributed by atoms with E-state index in [0.717, 1.165) is 44.3 Å². The molecule has 2 aromatic rings. The summed E-state index contributed by atoms with van der Waals surface area (Å²) in [5.74, 6) is 1.14. The molecule has 1 saturated heterocycles. The van der Waals surface area contributed by atoms with Gasteiger partial charge in [-0.05, 0) is 49.7 Å². The van der Waals surface area contributed by atoms with Crippen LogP contribution in [0.1, 0.15) is 43.6 Å². The minimum Gasteiger partial charge on any atom is -0.481 e. The van der Waals surface area contributed by atoms with Crippen LogP contribution in [-0.2, 0) is 14.8 Å². The van der Waals surface area contributed by atoms with Gasteiger partial charge in [0, 0.05) is 30.5 Å². The van der Waals surface area contributed by atoms with Crippen molar-refractivity contribution in [1.29, 1.82) is 0 Å². The molecule has 1 aromatic carbocycles. The molecule has 7 nitrogen and oxygen atoms in total. The van der Waals surface area contributed by atoms with Gasteiger partial charge in [-0.25, -0.2) is 18.1 Å². The van der Waals surface area contributed by atoms with Crippen LogP contribution in [0.3, 0.4) is 0 Å². The van der Waals surface area contributed by atoms with Crippen LogP contribution in [0.4, 0.5) is 5.69 Å². The van der Waals surface area contributed by atoms with Gasteiger partial charge >= 0.3 is 0 Å². The summed E-state index contributed by atoms with van der Waals surface area (Å²) in [4.78, 5) is 6.40. The molecule has 0 unspecified atom stereocenters. The standard InChI is InChI=1S/C24H33N3O4S/c1-30-24-16-20(12-14-25-24)27-15-13-22(26-32(2,28)29)23(27)17-31-21-10-8-19(9-11-21)18-6-4-3-5-7-18/h3-7,12,14,16,19,21-23,26H,8-11,13,15,17H2,1-2H3/t19?,21?,22-,23-/m0/s1. The third kappa shape index (κ3) is 5.79. The minimum absolute atomic E-state index is 0.0799. The molecule has 1 aliphatic heterocycles. The fourth-order valence-corrected chi connectivity index (χ4v) is 5.83. The SMILES string of the molecule is COc1cc(N2CC[C@H](NS(C)(=O)=O)[C@@H]2COC2CCC(c3ccccc3)CC2)ccn1. The van der Waals surface area contributed by atoms with E-state index in [2.05, 4.69) is 44.9 Å². The third-order valence-corrected chi connectivity index (χ3v) is 7.35. The lowest BCUT2D eigenvalue weighted by Gasteiger charge is -2.33. The fraction of sp³-hybridized carbons (Fsp3) is 0.542. The number of sulfonamides is 1. The summed E-state index contributed by atoms with van der Waals surface area (Å²) >= 11 is 0. The lowest BCUT2D eigenvalue weighted by atomic mass is 9.83. The van der Waals surface area contributed by atoms with Crippen LogP contribution in [-0.4, -0.2) is 58.1 Å². The molecule has 1 aliphatic carbocycles. The maximum atomic E-state index is 12.0. The van der Waals surface area contributed by atoms with Crippen LogP contribution in [0.5, 0.6) is 5.88 Å². The maximum absolute atomic E-state index is 12.0. The van der Waals surface area contributed by atoms with E-state index in [4.69, 9.17) is 9.47 Å². The first-order valence-corrected chi connectivity index (χ1v) is 13.2. The second kappa shape index (κ2) is 10.2. The molecule has 1 aromatic heterocycles. The molecule has 1 saturated carbocycles. The maximum Gasteiger partial charge on any atom is 0.214 e. The lowest BCUT2D eigenvalue weighted by Crippen LogP contribution is -2.48. The number of ether oxygens (including phenoxy) is 2. The Morgan fingerprint density at radius 3 is 2.53 bits per heavy atom. The van der Waals surface area contributed by atoms with Gasteiger partial charge < -0.3 is 14.4 Å². The molecule has 4 rings (SSSR count). The molecular formula is C24H33N3O4S. The Labute approximate surface area is 191 Å². The second-order valence-corrected chi connectivity index (χ2v) is 10.6. The van der Waals surface area contributed by atoms with Crippen LogP contribution < -0.4 is 14.4 Å². The van der Waals surface area contributed by atoms with Crippen molar-refractivity contribution in [2.45, 2.75) is 56.2 Å². The van der Waals surface area contributed by atoms with Crippen molar-refractivity contribution < 1.29 is 17.9 Å². The highest BCUT2D eigenvalue weighted by Gasteiger charge is 2.37. The number of pyridine rings is 1. The zero-order chi connectivity index (χ0) is 22.6. The lowest BCUT2D eigenvalue weighted by molar-refractivity contribution is 0.0157. The summed E-state index contributed by atoms with van der Waals surface area (Å²) < 4.78 is 38.4.